The molecule has 0 radical (unpaired) electrons. The Morgan fingerprint density at radius 1 is 1.03 bits per heavy atom. The van der Waals surface area contributed by atoms with E-state index in [9.17, 15) is 0 Å². The van der Waals surface area contributed by atoms with Crippen LogP contribution in [0.3, 0.4) is 0 Å². The molecule has 3 aliphatic rings. The second-order valence-corrected chi connectivity index (χ2v) is 10.6. The van der Waals surface area contributed by atoms with Crippen molar-refractivity contribution >= 4 is 0 Å². The highest BCUT2D eigenvalue weighted by atomic mass is 16.5. The summed E-state index contributed by atoms with van der Waals surface area (Å²) in [5, 5.41) is 3.67. The van der Waals surface area contributed by atoms with E-state index in [1.54, 1.807) is 5.56 Å². The molecule has 2 fully saturated rings. The summed E-state index contributed by atoms with van der Waals surface area (Å²) in [5.74, 6) is 2.73. The first-order valence-corrected chi connectivity index (χ1v) is 13.1. The van der Waals surface area contributed by atoms with Crippen LogP contribution >= 0.6 is 0 Å². The van der Waals surface area contributed by atoms with Gasteiger partial charge in [0.25, 0.3) is 0 Å². The second-order valence-electron chi connectivity index (χ2n) is 10.6. The fourth-order valence-corrected chi connectivity index (χ4v) is 5.81. The predicted molar refractivity (Wildman–Crippen MR) is 130 cm³/mol. The van der Waals surface area contributed by atoms with Gasteiger partial charge in [0.2, 0.25) is 0 Å². The molecule has 0 saturated carbocycles. The zero-order valence-electron chi connectivity index (χ0n) is 20.1. The van der Waals surface area contributed by atoms with Gasteiger partial charge in [0.1, 0.15) is 5.75 Å². The van der Waals surface area contributed by atoms with E-state index in [4.69, 9.17) is 4.74 Å². The number of ether oxygens (including phenoxy) is 1. The molecular formula is C27H45N3O. The molecule has 2 unspecified atom stereocenters. The molecule has 4 heteroatoms. The molecular weight excluding hydrogens is 382 g/mol. The fraction of sp³-hybridized carbons (Fsp3) is 0.778. The summed E-state index contributed by atoms with van der Waals surface area (Å²) in [5.41, 5.74) is 3.09. The molecule has 1 aliphatic carbocycles. The first-order valence-electron chi connectivity index (χ1n) is 13.1. The van der Waals surface area contributed by atoms with E-state index in [-0.39, 0.29) is 0 Å². The van der Waals surface area contributed by atoms with E-state index in [1.807, 2.05) is 0 Å². The van der Waals surface area contributed by atoms with Crippen molar-refractivity contribution in [2.45, 2.75) is 71.3 Å². The minimum absolute atomic E-state index is 0.684. The maximum Gasteiger partial charge on any atom is 0.119 e. The Bertz CT molecular complexity index is 670. The van der Waals surface area contributed by atoms with Crippen LogP contribution < -0.4 is 10.1 Å². The Morgan fingerprint density at radius 3 is 2.74 bits per heavy atom. The van der Waals surface area contributed by atoms with Crippen LogP contribution in [0.15, 0.2) is 18.2 Å². The molecule has 174 valence electrons. The highest BCUT2D eigenvalue weighted by Crippen LogP contribution is 2.30. The number of hydrogen-bond acceptors (Lipinski definition) is 4. The van der Waals surface area contributed by atoms with Gasteiger partial charge in [-0.1, -0.05) is 6.07 Å². The number of aryl methyl sites for hydroxylation is 1. The van der Waals surface area contributed by atoms with Crippen LogP contribution in [0.2, 0.25) is 0 Å². The van der Waals surface area contributed by atoms with Gasteiger partial charge in [-0.15, -0.1) is 0 Å². The predicted octanol–water partition coefficient (Wildman–Crippen LogP) is 4.37. The Morgan fingerprint density at radius 2 is 1.90 bits per heavy atom. The van der Waals surface area contributed by atoms with Crippen molar-refractivity contribution < 1.29 is 4.74 Å². The minimum atomic E-state index is 0.684. The lowest BCUT2D eigenvalue weighted by atomic mass is 9.83. The minimum Gasteiger partial charge on any atom is -0.494 e. The molecule has 2 atom stereocenters. The largest absolute Gasteiger partial charge is 0.494 e. The van der Waals surface area contributed by atoms with Crippen LogP contribution in [0.4, 0.5) is 0 Å². The van der Waals surface area contributed by atoms with Crippen LogP contribution in [0, 0.1) is 11.8 Å². The van der Waals surface area contributed by atoms with Gasteiger partial charge in [-0.05, 0) is 133 Å². The molecule has 0 spiro atoms. The van der Waals surface area contributed by atoms with Crippen LogP contribution in [0.5, 0.6) is 5.75 Å². The Hall–Kier alpha value is -1.10. The van der Waals surface area contributed by atoms with Gasteiger partial charge in [0.15, 0.2) is 0 Å². The van der Waals surface area contributed by atoms with Crippen molar-refractivity contribution in [1.29, 1.82) is 0 Å². The number of nitrogens with zero attached hydrogens (tertiary/aromatic N) is 2. The first kappa shape index (κ1) is 23.1. The lowest BCUT2D eigenvalue weighted by Crippen LogP contribution is -2.43. The van der Waals surface area contributed by atoms with Crippen LogP contribution in [-0.2, 0) is 12.8 Å². The third-order valence-electron chi connectivity index (χ3n) is 7.70. The van der Waals surface area contributed by atoms with Crippen molar-refractivity contribution in [3.8, 4) is 5.75 Å². The monoisotopic (exact) mass is 427 g/mol. The quantitative estimate of drug-likeness (QED) is 0.561. The molecule has 2 saturated heterocycles. The van der Waals surface area contributed by atoms with E-state index in [2.05, 4.69) is 47.2 Å². The lowest BCUT2D eigenvalue weighted by Gasteiger charge is -2.35. The van der Waals surface area contributed by atoms with Gasteiger partial charge < -0.3 is 19.9 Å². The van der Waals surface area contributed by atoms with Gasteiger partial charge in [0, 0.05) is 19.1 Å². The van der Waals surface area contributed by atoms with Crippen LogP contribution in [-0.4, -0.2) is 68.3 Å². The van der Waals surface area contributed by atoms with Gasteiger partial charge in [-0.3, -0.25) is 0 Å². The fourth-order valence-electron chi connectivity index (χ4n) is 5.81. The van der Waals surface area contributed by atoms with Crippen LogP contribution in [0.25, 0.3) is 0 Å². The first-order chi connectivity index (χ1) is 15.2. The van der Waals surface area contributed by atoms with Crippen molar-refractivity contribution in [3.05, 3.63) is 29.3 Å². The zero-order valence-corrected chi connectivity index (χ0v) is 20.1. The smallest absolute Gasteiger partial charge is 0.119 e. The number of hydrogen-bond donors (Lipinski definition) is 1. The van der Waals surface area contributed by atoms with Crippen molar-refractivity contribution in [2.24, 2.45) is 11.8 Å². The molecule has 0 bridgehead atoms. The van der Waals surface area contributed by atoms with Crippen LogP contribution in [0.1, 0.15) is 63.5 Å². The highest BCUT2D eigenvalue weighted by Gasteiger charge is 2.23. The van der Waals surface area contributed by atoms with Gasteiger partial charge >= 0.3 is 0 Å². The second kappa shape index (κ2) is 11.7. The number of likely N-dealkylation sites (tertiary alicyclic amines) is 2. The summed E-state index contributed by atoms with van der Waals surface area (Å²) in [7, 11) is 0. The molecule has 0 aromatic heterocycles. The van der Waals surface area contributed by atoms with Crippen molar-refractivity contribution in [2.75, 3.05) is 52.4 Å². The third-order valence-corrected chi connectivity index (χ3v) is 7.70. The maximum absolute atomic E-state index is 6.09. The van der Waals surface area contributed by atoms with Gasteiger partial charge in [-0.2, -0.15) is 0 Å². The third kappa shape index (κ3) is 6.94. The molecule has 4 nitrogen and oxygen atoms in total. The Kier molecular flexibility index (Phi) is 8.69. The number of piperidine rings is 1. The molecule has 1 N–H and O–H groups in total. The van der Waals surface area contributed by atoms with E-state index >= 15 is 0 Å². The van der Waals surface area contributed by atoms with Crippen molar-refractivity contribution in [1.82, 2.24) is 15.1 Å². The summed E-state index contributed by atoms with van der Waals surface area (Å²) in [6.45, 7) is 14.2. The van der Waals surface area contributed by atoms with E-state index in [0.29, 0.717) is 6.04 Å². The van der Waals surface area contributed by atoms with E-state index in [0.717, 1.165) is 43.7 Å². The topological polar surface area (TPSA) is 27.7 Å². The normalized spacial score (nSPS) is 25.1. The summed E-state index contributed by atoms with van der Waals surface area (Å²) < 4.78 is 6.09. The summed E-state index contributed by atoms with van der Waals surface area (Å²) in [4.78, 5) is 5.31. The molecule has 1 aromatic rings. The standard InChI is InChI=1S/C27H45N3O/c1-22(2)30-15-5-7-24(21-30)19-28-12-6-16-31-27-11-10-25-17-23(8-9-26(25)18-27)20-29-13-3-4-14-29/h10-11,18,22-24,28H,3-9,12-17,19-21H2,1-2H3. The van der Waals surface area contributed by atoms with E-state index < -0.39 is 0 Å². The average molecular weight is 428 g/mol. The molecule has 0 amide bonds. The van der Waals surface area contributed by atoms with Gasteiger partial charge in [-0.25, -0.2) is 0 Å². The summed E-state index contributed by atoms with van der Waals surface area (Å²) in [6.07, 6.45) is 10.4. The number of rotatable bonds is 10. The maximum atomic E-state index is 6.09. The molecule has 2 heterocycles. The Labute approximate surface area is 190 Å². The lowest BCUT2D eigenvalue weighted by molar-refractivity contribution is 0.138. The molecule has 4 rings (SSSR count). The number of fused-ring (bicyclic) bond motifs is 1. The summed E-state index contributed by atoms with van der Waals surface area (Å²) in [6, 6.07) is 7.54. The average Bonchev–Trinajstić information content (AvgIpc) is 3.29. The SMILES string of the molecule is CC(C)N1CCCC(CNCCCOc2ccc3c(c2)CCC(CN2CCCC2)C3)C1. The molecule has 2 aliphatic heterocycles. The molecule has 31 heavy (non-hydrogen) atoms. The number of benzene rings is 1. The zero-order chi connectivity index (χ0) is 21.5. The Balaban J connectivity index is 1.11. The van der Waals surface area contributed by atoms with E-state index in [1.165, 1.54) is 83.2 Å². The highest BCUT2D eigenvalue weighted by molar-refractivity contribution is 5.37. The number of nitrogens with one attached hydrogen (secondary N) is 1. The summed E-state index contributed by atoms with van der Waals surface area (Å²) >= 11 is 0. The van der Waals surface area contributed by atoms with Crippen molar-refractivity contribution in [3.63, 3.8) is 0 Å². The molecule has 1 aromatic carbocycles. The van der Waals surface area contributed by atoms with Gasteiger partial charge in [0.05, 0.1) is 6.61 Å².